The second-order valence-electron chi connectivity index (χ2n) is 10.9. The zero-order chi connectivity index (χ0) is 28.4. The first-order chi connectivity index (χ1) is 19.2. The van der Waals surface area contributed by atoms with Crippen LogP contribution in [0.4, 0.5) is 5.82 Å². The molecule has 5 rings (SSSR count). The molecule has 12 nitrogen and oxygen atoms in total. The van der Waals surface area contributed by atoms with Gasteiger partial charge in [0.2, 0.25) is 5.28 Å². The van der Waals surface area contributed by atoms with E-state index in [-0.39, 0.29) is 11.9 Å². The summed E-state index contributed by atoms with van der Waals surface area (Å²) >= 11 is 6.42. The van der Waals surface area contributed by atoms with Crippen LogP contribution in [0, 0.1) is 11.8 Å². The lowest BCUT2D eigenvalue weighted by molar-refractivity contribution is -0.166. The van der Waals surface area contributed by atoms with Gasteiger partial charge in [-0.2, -0.15) is 9.97 Å². The van der Waals surface area contributed by atoms with Gasteiger partial charge in [0.15, 0.2) is 35.4 Å². The minimum atomic E-state index is -1.05. The number of hydrogen-bond acceptors (Lipinski definition) is 11. The third-order valence-electron chi connectivity index (χ3n) is 8.15. The van der Waals surface area contributed by atoms with Crippen molar-refractivity contribution < 1.29 is 33.3 Å². The molecule has 4 unspecified atom stereocenters. The maximum Gasteiger partial charge on any atom is 0.303 e. The van der Waals surface area contributed by atoms with Crippen molar-refractivity contribution in [3.05, 3.63) is 11.6 Å². The number of halogens is 1. The summed E-state index contributed by atoms with van der Waals surface area (Å²) in [5, 5.41) is 0.0497. The molecule has 0 aromatic carbocycles. The Bertz CT molecular complexity index is 1240. The molecule has 0 bridgehead atoms. The molecule has 0 spiro atoms. The maximum atomic E-state index is 12.1. The van der Waals surface area contributed by atoms with Gasteiger partial charge in [0, 0.05) is 33.9 Å². The monoisotopic (exact) mass is 577 g/mol. The van der Waals surface area contributed by atoms with E-state index in [2.05, 4.69) is 19.9 Å². The van der Waals surface area contributed by atoms with E-state index in [1.54, 1.807) is 4.57 Å². The molecule has 4 atom stereocenters. The standard InChI is InChI=1S/C27H36ClN5O7/c1-15(34)37-13-20-22(38-16(2)35)23(39-17(3)36)26(40-20)33-14-29-21-24(30-27(28)31-25(21)33)32-11-9-19(10-12-32)18-7-5-4-6-8-18/h14,18-20,22-23,26H,4-13H2,1-3H3. The third kappa shape index (κ3) is 6.17. The third-order valence-corrected chi connectivity index (χ3v) is 8.32. The molecule has 3 fully saturated rings. The fraction of sp³-hybridized carbons (Fsp3) is 0.704. The first-order valence-corrected chi connectivity index (χ1v) is 14.4. The zero-order valence-corrected chi connectivity index (χ0v) is 23.8. The zero-order valence-electron chi connectivity index (χ0n) is 23.1. The van der Waals surface area contributed by atoms with Gasteiger partial charge in [-0.1, -0.05) is 32.1 Å². The molecule has 4 heterocycles. The molecule has 0 N–H and O–H groups in total. The highest BCUT2D eigenvalue weighted by molar-refractivity contribution is 6.28. The number of imidazole rings is 1. The highest BCUT2D eigenvalue weighted by atomic mass is 35.5. The molecular formula is C27H36ClN5O7. The Balaban J connectivity index is 1.43. The summed E-state index contributed by atoms with van der Waals surface area (Å²) in [6.45, 7) is 5.26. The summed E-state index contributed by atoms with van der Waals surface area (Å²) < 4.78 is 24.0. The van der Waals surface area contributed by atoms with Crippen LogP contribution >= 0.6 is 11.6 Å². The lowest BCUT2D eigenvalue weighted by Gasteiger charge is -2.38. The smallest absolute Gasteiger partial charge is 0.303 e. The van der Waals surface area contributed by atoms with E-state index in [1.807, 2.05) is 0 Å². The molecule has 1 saturated carbocycles. The number of piperidine rings is 1. The number of hydrogen-bond donors (Lipinski definition) is 0. The second kappa shape index (κ2) is 12.3. The SMILES string of the molecule is CC(=O)OCC1OC(n2cnc3c(N4CCC(C5CCCCC5)CC4)nc(Cl)nc32)C(OC(C)=O)C1OC(C)=O. The van der Waals surface area contributed by atoms with Gasteiger partial charge < -0.3 is 23.8 Å². The van der Waals surface area contributed by atoms with Crippen molar-refractivity contribution in [3.8, 4) is 0 Å². The van der Waals surface area contributed by atoms with Crippen molar-refractivity contribution in [2.45, 2.75) is 90.3 Å². The predicted octanol–water partition coefficient (Wildman–Crippen LogP) is 3.60. The van der Waals surface area contributed by atoms with E-state index in [1.165, 1.54) is 59.2 Å². The minimum absolute atomic E-state index is 0.0497. The lowest BCUT2D eigenvalue weighted by Crippen LogP contribution is -2.40. The van der Waals surface area contributed by atoms with E-state index in [9.17, 15) is 14.4 Å². The van der Waals surface area contributed by atoms with Crippen LogP contribution in [0.2, 0.25) is 5.28 Å². The minimum Gasteiger partial charge on any atom is -0.463 e. The number of rotatable bonds is 7. The van der Waals surface area contributed by atoms with Gasteiger partial charge >= 0.3 is 17.9 Å². The fourth-order valence-corrected chi connectivity index (χ4v) is 6.55. The van der Waals surface area contributed by atoms with Gasteiger partial charge in [0.05, 0.1) is 6.33 Å². The van der Waals surface area contributed by atoms with Crippen LogP contribution in [-0.4, -0.2) is 75.4 Å². The van der Waals surface area contributed by atoms with Crippen molar-refractivity contribution in [1.82, 2.24) is 19.5 Å². The number of carbonyl (C=O) groups is 3. The first kappa shape index (κ1) is 28.5. The summed E-state index contributed by atoms with van der Waals surface area (Å²) in [7, 11) is 0. The van der Waals surface area contributed by atoms with Crippen molar-refractivity contribution in [3.63, 3.8) is 0 Å². The molecule has 2 aromatic rings. The fourth-order valence-electron chi connectivity index (χ4n) is 6.39. The average molecular weight is 578 g/mol. The van der Waals surface area contributed by atoms with Gasteiger partial charge in [-0.3, -0.25) is 19.0 Å². The largest absolute Gasteiger partial charge is 0.463 e. The van der Waals surface area contributed by atoms with Crippen molar-refractivity contribution in [1.29, 1.82) is 0 Å². The van der Waals surface area contributed by atoms with E-state index < -0.39 is 42.4 Å². The second-order valence-corrected chi connectivity index (χ2v) is 11.2. The molecule has 218 valence electrons. The van der Waals surface area contributed by atoms with Crippen LogP contribution in [0.1, 0.15) is 71.9 Å². The van der Waals surface area contributed by atoms with Crippen LogP contribution in [-0.2, 0) is 33.3 Å². The highest BCUT2D eigenvalue weighted by Gasteiger charge is 2.51. The highest BCUT2D eigenvalue weighted by Crippen LogP contribution is 2.39. The maximum absolute atomic E-state index is 12.1. The number of ether oxygens (including phenoxy) is 4. The molecule has 2 saturated heterocycles. The molecule has 2 aromatic heterocycles. The summed E-state index contributed by atoms with van der Waals surface area (Å²) in [5.41, 5.74) is 0.930. The number of carbonyl (C=O) groups excluding carboxylic acids is 3. The van der Waals surface area contributed by atoms with E-state index in [4.69, 9.17) is 30.5 Å². The van der Waals surface area contributed by atoms with Crippen LogP contribution < -0.4 is 4.90 Å². The molecule has 3 aliphatic rings. The normalized spacial score (nSPS) is 26.1. The first-order valence-electron chi connectivity index (χ1n) is 14.0. The van der Waals surface area contributed by atoms with Crippen LogP contribution in [0.5, 0.6) is 0 Å². The Labute approximate surface area is 237 Å². The molecule has 1 aliphatic carbocycles. The van der Waals surface area contributed by atoms with Crippen molar-refractivity contribution >= 4 is 46.5 Å². The number of anilines is 1. The molecular weight excluding hydrogens is 542 g/mol. The molecule has 13 heteroatoms. The number of esters is 3. The predicted molar refractivity (Wildman–Crippen MR) is 143 cm³/mol. The van der Waals surface area contributed by atoms with Gasteiger partial charge in [-0.05, 0) is 36.3 Å². The van der Waals surface area contributed by atoms with Gasteiger partial charge in [0.1, 0.15) is 12.7 Å². The molecule has 2 aliphatic heterocycles. The number of aromatic nitrogens is 4. The summed E-state index contributed by atoms with van der Waals surface area (Å²) in [4.78, 5) is 51.3. The van der Waals surface area contributed by atoms with Crippen molar-refractivity contribution in [2.24, 2.45) is 11.8 Å². The summed E-state index contributed by atoms with van der Waals surface area (Å²) in [6.07, 6.45) is 6.44. The van der Waals surface area contributed by atoms with E-state index in [0.717, 1.165) is 37.8 Å². The molecule has 0 radical (unpaired) electrons. The summed E-state index contributed by atoms with van der Waals surface area (Å²) in [5.74, 6) is 0.465. The Hall–Kier alpha value is -2.99. The number of fused-ring (bicyclic) bond motifs is 1. The Morgan fingerprint density at radius 2 is 1.57 bits per heavy atom. The van der Waals surface area contributed by atoms with Gasteiger partial charge in [-0.15, -0.1) is 0 Å². The van der Waals surface area contributed by atoms with E-state index in [0.29, 0.717) is 17.0 Å². The van der Waals surface area contributed by atoms with Crippen LogP contribution in [0.25, 0.3) is 11.2 Å². The topological polar surface area (TPSA) is 135 Å². The van der Waals surface area contributed by atoms with Crippen LogP contribution in [0.15, 0.2) is 6.33 Å². The Morgan fingerprint density at radius 3 is 2.23 bits per heavy atom. The van der Waals surface area contributed by atoms with Crippen LogP contribution in [0.3, 0.4) is 0 Å². The average Bonchev–Trinajstić information content (AvgIpc) is 3.48. The molecule has 40 heavy (non-hydrogen) atoms. The Kier molecular flexibility index (Phi) is 8.74. The lowest BCUT2D eigenvalue weighted by atomic mass is 9.76. The van der Waals surface area contributed by atoms with Crippen molar-refractivity contribution in [2.75, 3.05) is 24.6 Å². The Morgan fingerprint density at radius 1 is 0.925 bits per heavy atom. The number of nitrogens with zero attached hydrogens (tertiary/aromatic N) is 5. The quantitative estimate of drug-likeness (QED) is 0.271. The van der Waals surface area contributed by atoms with E-state index >= 15 is 0 Å². The molecule has 0 amide bonds. The summed E-state index contributed by atoms with van der Waals surface area (Å²) in [6, 6.07) is 0. The van der Waals surface area contributed by atoms with Gasteiger partial charge in [0.25, 0.3) is 0 Å². The van der Waals surface area contributed by atoms with Gasteiger partial charge in [-0.25, -0.2) is 4.98 Å².